The lowest BCUT2D eigenvalue weighted by Crippen LogP contribution is -2.42. The molecule has 0 bridgehead atoms. The van der Waals surface area contributed by atoms with E-state index in [2.05, 4.69) is 10.1 Å². The summed E-state index contributed by atoms with van der Waals surface area (Å²) in [7, 11) is 0. The Bertz CT molecular complexity index is 1870. The molecule has 0 aliphatic carbocycles. The first-order chi connectivity index (χ1) is 20.1. The van der Waals surface area contributed by atoms with Crippen LogP contribution >= 0.6 is 0 Å². The molecule has 0 aliphatic heterocycles. The first-order valence-electron chi connectivity index (χ1n) is 12.4. The molecule has 42 heavy (non-hydrogen) atoms. The lowest BCUT2D eigenvalue weighted by molar-refractivity contribution is -0.387. The second-order valence-electron chi connectivity index (χ2n) is 9.20. The number of rotatable bonds is 9. The van der Waals surface area contributed by atoms with Crippen molar-refractivity contribution in [1.29, 1.82) is 0 Å². The number of benzene rings is 1. The van der Waals surface area contributed by atoms with Crippen LogP contribution in [-0.4, -0.2) is 28.8 Å². The van der Waals surface area contributed by atoms with Crippen molar-refractivity contribution in [1.82, 2.24) is 23.9 Å². The van der Waals surface area contributed by atoms with Crippen molar-refractivity contribution in [3.05, 3.63) is 144 Å². The van der Waals surface area contributed by atoms with Gasteiger partial charge in [-0.15, -0.1) is 0 Å². The van der Waals surface area contributed by atoms with Gasteiger partial charge in [0.15, 0.2) is 0 Å². The zero-order valence-electron chi connectivity index (χ0n) is 21.6. The Morgan fingerprint density at radius 1 is 0.952 bits per heavy atom. The standard InChI is InChI=1S/C28H21F3N6O5/c29-28(30,31)23-4-2-1-3-22(23)17-34-14-20(13-33-34)5-6-24-25(37(40)41)26(38)36(16-21-9-12-42-18-21)27(39)35(24)15-19-7-10-32-11-8-19/h1-14,18H,15-17H2. The molecular weight excluding hydrogens is 557 g/mol. The van der Waals surface area contributed by atoms with Gasteiger partial charge in [-0.2, -0.15) is 18.3 Å². The van der Waals surface area contributed by atoms with Crippen molar-refractivity contribution in [2.75, 3.05) is 0 Å². The lowest BCUT2D eigenvalue weighted by Gasteiger charge is -2.14. The summed E-state index contributed by atoms with van der Waals surface area (Å²) in [5.74, 6) is 0. The number of alkyl halides is 3. The molecule has 0 unspecified atom stereocenters. The summed E-state index contributed by atoms with van der Waals surface area (Å²) in [6.07, 6.45) is 6.56. The number of nitro groups is 1. The number of aromatic nitrogens is 5. The first kappa shape index (κ1) is 28.0. The van der Waals surface area contributed by atoms with Crippen molar-refractivity contribution in [2.24, 2.45) is 0 Å². The van der Waals surface area contributed by atoms with Crippen molar-refractivity contribution in [3.8, 4) is 0 Å². The molecule has 0 saturated carbocycles. The maximum atomic E-state index is 13.6. The van der Waals surface area contributed by atoms with Crippen molar-refractivity contribution >= 4 is 17.8 Å². The molecule has 4 heterocycles. The van der Waals surface area contributed by atoms with E-state index >= 15 is 0 Å². The van der Waals surface area contributed by atoms with Gasteiger partial charge in [-0.3, -0.25) is 29.1 Å². The minimum atomic E-state index is -4.54. The van der Waals surface area contributed by atoms with Crippen molar-refractivity contribution in [3.63, 3.8) is 0 Å². The van der Waals surface area contributed by atoms with E-state index in [9.17, 15) is 32.9 Å². The number of nitrogens with zero attached hydrogens (tertiary/aromatic N) is 6. The topological polar surface area (TPSA) is 131 Å². The van der Waals surface area contributed by atoms with Gasteiger partial charge in [-0.05, 0) is 47.5 Å². The Morgan fingerprint density at radius 3 is 2.38 bits per heavy atom. The molecule has 0 N–H and O–H groups in total. The van der Waals surface area contributed by atoms with Gasteiger partial charge in [0, 0.05) is 29.7 Å². The Kier molecular flexibility index (Phi) is 7.69. The molecule has 0 radical (unpaired) electrons. The fourth-order valence-corrected chi connectivity index (χ4v) is 4.41. The molecular formula is C28H21F3N6O5. The third-order valence-electron chi connectivity index (χ3n) is 6.38. The van der Waals surface area contributed by atoms with E-state index in [-0.39, 0.29) is 30.9 Å². The van der Waals surface area contributed by atoms with E-state index in [1.807, 2.05) is 0 Å². The summed E-state index contributed by atoms with van der Waals surface area (Å²) in [6.45, 7) is -0.539. The predicted octanol–water partition coefficient (Wildman–Crippen LogP) is 4.44. The minimum absolute atomic E-state index is 0.00619. The fourth-order valence-electron chi connectivity index (χ4n) is 4.41. The Balaban J connectivity index is 1.56. The Hall–Kier alpha value is -5.53. The number of hydrogen-bond donors (Lipinski definition) is 0. The largest absolute Gasteiger partial charge is 0.472 e. The van der Waals surface area contributed by atoms with Crippen molar-refractivity contribution < 1.29 is 22.5 Å². The van der Waals surface area contributed by atoms with E-state index in [4.69, 9.17) is 4.42 Å². The molecule has 0 atom stereocenters. The summed E-state index contributed by atoms with van der Waals surface area (Å²) in [6, 6.07) is 9.90. The second kappa shape index (κ2) is 11.5. The third kappa shape index (κ3) is 5.96. The number of furan rings is 1. The van der Waals surface area contributed by atoms with Gasteiger partial charge in [-0.1, -0.05) is 18.2 Å². The van der Waals surface area contributed by atoms with E-state index in [1.54, 1.807) is 12.1 Å². The van der Waals surface area contributed by atoms with E-state index in [1.165, 1.54) is 78.4 Å². The number of hydrogen-bond acceptors (Lipinski definition) is 7. The summed E-state index contributed by atoms with van der Waals surface area (Å²) >= 11 is 0. The van der Waals surface area contributed by atoms with Gasteiger partial charge < -0.3 is 4.42 Å². The highest BCUT2D eigenvalue weighted by atomic mass is 19.4. The molecule has 1 aromatic carbocycles. The molecule has 11 nitrogen and oxygen atoms in total. The quantitative estimate of drug-likeness (QED) is 0.187. The monoisotopic (exact) mass is 578 g/mol. The Labute approximate surface area is 234 Å². The van der Waals surface area contributed by atoms with Gasteiger partial charge in [0.25, 0.3) is 0 Å². The first-order valence-corrected chi connectivity index (χ1v) is 12.4. The summed E-state index contributed by atoms with van der Waals surface area (Å²) in [5.41, 5.74) is -2.32. The SMILES string of the molecule is O=c1c([N+](=O)[O-])c(C=Cc2cnn(Cc3ccccc3C(F)(F)F)c2)n(Cc2ccncc2)c(=O)n1Cc1ccoc1. The summed E-state index contributed by atoms with van der Waals surface area (Å²) in [5, 5.41) is 16.3. The van der Waals surface area contributed by atoms with E-state index in [0.29, 0.717) is 16.7 Å². The van der Waals surface area contributed by atoms with Crippen LogP contribution in [0.3, 0.4) is 0 Å². The van der Waals surface area contributed by atoms with E-state index < -0.39 is 33.6 Å². The molecule has 0 fully saturated rings. The maximum Gasteiger partial charge on any atom is 0.416 e. The van der Waals surface area contributed by atoms with Crippen molar-refractivity contribution in [2.45, 2.75) is 25.8 Å². The second-order valence-corrected chi connectivity index (χ2v) is 9.20. The van der Waals surface area contributed by atoms with Gasteiger partial charge >= 0.3 is 23.1 Å². The van der Waals surface area contributed by atoms with Crippen LogP contribution in [0.25, 0.3) is 12.2 Å². The van der Waals surface area contributed by atoms with Gasteiger partial charge in [0.05, 0.1) is 48.8 Å². The highest BCUT2D eigenvalue weighted by Crippen LogP contribution is 2.32. The van der Waals surface area contributed by atoms with Crippen LogP contribution in [0.1, 0.15) is 33.5 Å². The van der Waals surface area contributed by atoms with Crippen LogP contribution in [0.15, 0.2) is 93.8 Å². The van der Waals surface area contributed by atoms with Gasteiger partial charge in [-0.25, -0.2) is 9.36 Å². The smallest absolute Gasteiger partial charge is 0.416 e. The average Bonchev–Trinajstić information content (AvgIpc) is 3.64. The van der Waals surface area contributed by atoms with Gasteiger partial charge in [0.1, 0.15) is 5.69 Å². The lowest BCUT2D eigenvalue weighted by atomic mass is 10.1. The molecule has 5 aromatic rings. The molecule has 0 amide bonds. The molecule has 0 spiro atoms. The van der Waals surface area contributed by atoms with Crippen LogP contribution in [0.4, 0.5) is 18.9 Å². The number of pyridine rings is 1. The normalized spacial score (nSPS) is 11.8. The fraction of sp³-hybridized carbons (Fsp3) is 0.143. The summed E-state index contributed by atoms with van der Waals surface area (Å²) < 4.78 is 48.4. The molecule has 0 saturated heterocycles. The molecule has 4 aromatic heterocycles. The summed E-state index contributed by atoms with van der Waals surface area (Å²) in [4.78, 5) is 42.0. The minimum Gasteiger partial charge on any atom is -0.472 e. The van der Waals surface area contributed by atoms with Crippen LogP contribution in [0.5, 0.6) is 0 Å². The Morgan fingerprint density at radius 2 is 1.69 bits per heavy atom. The molecule has 214 valence electrons. The number of halogens is 3. The maximum absolute atomic E-state index is 13.6. The average molecular weight is 579 g/mol. The third-order valence-corrected chi connectivity index (χ3v) is 6.38. The molecule has 0 aliphatic rings. The van der Waals surface area contributed by atoms with Crippen LogP contribution in [0.2, 0.25) is 0 Å². The van der Waals surface area contributed by atoms with Crippen LogP contribution < -0.4 is 11.2 Å². The molecule has 14 heteroatoms. The highest BCUT2D eigenvalue weighted by molar-refractivity contribution is 5.71. The van der Waals surface area contributed by atoms with E-state index in [0.717, 1.165) is 15.2 Å². The highest BCUT2D eigenvalue weighted by Gasteiger charge is 2.33. The zero-order valence-corrected chi connectivity index (χ0v) is 21.6. The molecule has 5 rings (SSSR count). The van der Waals surface area contributed by atoms with Crippen LogP contribution in [0, 0.1) is 10.1 Å². The predicted molar refractivity (Wildman–Crippen MR) is 144 cm³/mol. The zero-order chi connectivity index (χ0) is 29.9. The van der Waals surface area contributed by atoms with Gasteiger partial charge in [0.2, 0.25) is 0 Å². The van der Waals surface area contributed by atoms with Crippen LogP contribution in [-0.2, 0) is 25.8 Å².